The van der Waals surface area contributed by atoms with Gasteiger partial charge in [-0.2, -0.15) is 0 Å². The molecule has 7 heteroatoms. The summed E-state index contributed by atoms with van der Waals surface area (Å²) in [5, 5.41) is 3.25. The number of furan rings is 1. The molecular formula is C17H18ClNO5. The van der Waals surface area contributed by atoms with Crippen molar-refractivity contribution in [1.82, 2.24) is 5.32 Å². The van der Waals surface area contributed by atoms with Crippen LogP contribution < -0.4 is 5.32 Å². The zero-order chi connectivity index (χ0) is 17.5. The van der Waals surface area contributed by atoms with Crippen LogP contribution in [0.15, 0.2) is 34.7 Å². The van der Waals surface area contributed by atoms with Crippen molar-refractivity contribution >= 4 is 23.5 Å². The number of carbonyl (C=O) groups is 2. The Kier molecular flexibility index (Phi) is 6.40. The van der Waals surface area contributed by atoms with Gasteiger partial charge in [-0.1, -0.05) is 29.8 Å². The number of halogens is 1. The minimum Gasteiger partial charge on any atom is -0.465 e. The Labute approximate surface area is 144 Å². The van der Waals surface area contributed by atoms with E-state index in [0.717, 1.165) is 5.56 Å². The summed E-state index contributed by atoms with van der Waals surface area (Å²) < 4.78 is 15.4. The molecule has 0 aliphatic carbocycles. The Morgan fingerprint density at radius 3 is 2.75 bits per heavy atom. The van der Waals surface area contributed by atoms with Gasteiger partial charge in [0.25, 0.3) is 0 Å². The van der Waals surface area contributed by atoms with E-state index in [1.54, 1.807) is 19.1 Å². The number of ether oxygens (including phenoxy) is 2. The molecule has 2 rings (SSSR count). The predicted octanol–water partition coefficient (Wildman–Crippen LogP) is 2.86. The van der Waals surface area contributed by atoms with Crippen LogP contribution in [-0.2, 0) is 27.4 Å². The van der Waals surface area contributed by atoms with Crippen molar-refractivity contribution in [2.75, 3.05) is 13.7 Å². The van der Waals surface area contributed by atoms with Crippen molar-refractivity contribution in [3.8, 4) is 0 Å². The van der Waals surface area contributed by atoms with Crippen molar-refractivity contribution < 1.29 is 23.5 Å². The molecule has 0 spiro atoms. The van der Waals surface area contributed by atoms with Crippen molar-refractivity contribution in [2.24, 2.45) is 0 Å². The second-order valence-electron chi connectivity index (χ2n) is 5.04. The number of hydrogen-bond donors (Lipinski definition) is 1. The second kappa shape index (κ2) is 8.52. The molecule has 1 heterocycles. The van der Waals surface area contributed by atoms with Crippen LogP contribution in [0.4, 0.5) is 0 Å². The van der Waals surface area contributed by atoms with Gasteiger partial charge in [-0.25, -0.2) is 4.79 Å². The molecule has 0 unspecified atom stereocenters. The summed E-state index contributed by atoms with van der Waals surface area (Å²) in [5.41, 5.74) is 1.16. The maximum atomic E-state index is 11.8. The second-order valence-corrected chi connectivity index (χ2v) is 5.44. The molecule has 0 saturated heterocycles. The maximum Gasteiger partial charge on any atom is 0.341 e. The maximum absolute atomic E-state index is 11.8. The molecule has 1 aromatic carbocycles. The molecular weight excluding hydrogens is 334 g/mol. The number of aryl methyl sites for hydroxylation is 1. The summed E-state index contributed by atoms with van der Waals surface area (Å²) in [6, 6.07) is 8.82. The average molecular weight is 352 g/mol. The highest BCUT2D eigenvalue weighted by molar-refractivity contribution is 6.31. The number of carbonyl (C=O) groups excluding carboxylic acids is 2. The number of nitrogens with one attached hydrogen (secondary N) is 1. The number of hydrogen-bond acceptors (Lipinski definition) is 5. The fraction of sp³-hybridized carbons (Fsp3) is 0.294. The van der Waals surface area contributed by atoms with E-state index in [4.69, 9.17) is 20.8 Å². The summed E-state index contributed by atoms with van der Waals surface area (Å²) in [6.45, 7) is 1.96. The third-order valence-electron chi connectivity index (χ3n) is 3.28. The highest BCUT2D eigenvalue weighted by Crippen LogP contribution is 2.16. The van der Waals surface area contributed by atoms with Gasteiger partial charge in [0.05, 0.1) is 20.3 Å². The van der Waals surface area contributed by atoms with Gasteiger partial charge in [0.1, 0.15) is 23.7 Å². The lowest BCUT2D eigenvalue weighted by Gasteiger charge is -2.06. The van der Waals surface area contributed by atoms with Crippen LogP contribution in [0.2, 0.25) is 5.02 Å². The largest absolute Gasteiger partial charge is 0.465 e. The zero-order valence-corrected chi connectivity index (χ0v) is 14.2. The minimum atomic E-state index is -0.475. The van der Waals surface area contributed by atoms with E-state index < -0.39 is 5.97 Å². The van der Waals surface area contributed by atoms with Gasteiger partial charge in [-0.05, 0) is 24.6 Å². The van der Waals surface area contributed by atoms with Crippen LogP contribution >= 0.6 is 11.6 Å². The lowest BCUT2D eigenvalue weighted by molar-refractivity contribution is -0.126. The molecule has 128 valence electrons. The molecule has 0 atom stereocenters. The molecule has 0 fully saturated rings. The van der Waals surface area contributed by atoms with Crippen molar-refractivity contribution in [2.45, 2.75) is 20.1 Å². The fourth-order valence-electron chi connectivity index (χ4n) is 2.05. The monoisotopic (exact) mass is 351 g/mol. The smallest absolute Gasteiger partial charge is 0.341 e. The molecule has 6 nitrogen and oxygen atoms in total. The van der Waals surface area contributed by atoms with Crippen LogP contribution in [-0.4, -0.2) is 25.6 Å². The van der Waals surface area contributed by atoms with Crippen molar-refractivity contribution in [3.05, 3.63) is 58.0 Å². The normalized spacial score (nSPS) is 10.5. The topological polar surface area (TPSA) is 77.8 Å². The fourth-order valence-corrected chi connectivity index (χ4v) is 2.24. The Balaban J connectivity index is 1.77. The molecule has 1 aromatic heterocycles. The Bertz CT molecular complexity index is 726. The van der Waals surface area contributed by atoms with E-state index in [1.165, 1.54) is 7.11 Å². The number of rotatable bonds is 7. The first-order chi connectivity index (χ1) is 11.5. The summed E-state index contributed by atoms with van der Waals surface area (Å²) in [4.78, 5) is 23.3. The van der Waals surface area contributed by atoms with Crippen LogP contribution in [0.3, 0.4) is 0 Å². The zero-order valence-electron chi connectivity index (χ0n) is 13.4. The predicted molar refractivity (Wildman–Crippen MR) is 87.7 cm³/mol. The van der Waals surface area contributed by atoms with Crippen molar-refractivity contribution in [3.63, 3.8) is 0 Å². The van der Waals surface area contributed by atoms with Gasteiger partial charge < -0.3 is 19.2 Å². The van der Waals surface area contributed by atoms with E-state index in [-0.39, 0.29) is 25.7 Å². The van der Waals surface area contributed by atoms with Gasteiger partial charge in [-0.15, -0.1) is 0 Å². The summed E-state index contributed by atoms with van der Waals surface area (Å²) in [5.74, 6) is 0.140. The van der Waals surface area contributed by atoms with Gasteiger partial charge in [0, 0.05) is 5.02 Å². The van der Waals surface area contributed by atoms with E-state index in [9.17, 15) is 9.59 Å². The third-order valence-corrected chi connectivity index (χ3v) is 3.65. The van der Waals surface area contributed by atoms with Gasteiger partial charge in [-0.3, -0.25) is 4.79 Å². The van der Waals surface area contributed by atoms with Crippen LogP contribution in [0.1, 0.15) is 27.4 Å². The summed E-state index contributed by atoms with van der Waals surface area (Å²) >= 11 is 6.00. The average Bonchev–Trinajstić information content (AvgIpc) is 2.95. The molecule has 0 bridgehead atoms. The Morgan fingerprint density at radius 2 is 2.04 bits per heavy atom. The van der Waals surface area contributed by atoms with Crippen molar-refractivity contribution in [1.29, 1.82) is 0 Å². The van der Waals surface area contributed by atoms with E-state index in [2.05, 4.69) is 10.1 Å². The molecule has 24 heavy (non-hydrogen) atoms. The number of benzene rings is 1. The molecule has 0 saturated carbocycles. The molecule has 0 aliphatic rings. The van der Waals surface area contributed by atoms with Crippen LogP contribution in [0.5, 0.6) is 0 Å². The Hall–Kier alpha value is -2.31. The standard InChI is InChI=1S/C17H18ClNO5/c1-11-14(17(21)22-2)7-13(24-11)8-19-16(20)10-23-9-12-5-3-4-6-15(12)18/h3-7H,8-10H2,1-2H3,(H,19,20). The third kappa shape index (κ3) is 4.84. The molecule has 0 radical (unpaired) electrons. The number of methoxy groups -OCH3 is 1. The first kappa shape index (κ1) is 18.0. The van der Waals surface area contributed by atoms with E-state index >= 15 is 0 Å². The number of amides is 1. The first-order valence-corrected chi connectivity index (χ1v) is 7.64. The Morgan fingerprint density at radius 1 is 1.29 bits per heavy atom. The van der Waals surface area contributed by atoms with Gasteiger partial charge in [0.2, 0.25) is 5.91 Å². The SMILES string of the molecule is COC(=O)c1cc(CNC(=O)COCc2ccccc2Cl)oc1C. The first-order valence-electron chi connectivity index (χ1n) is 7.26. The van der Waals surface area contributed by atoms with Gasteiger partial charge >= 0.3 is 5.97 Å². The molecule has 1 amide bonds. The number of esters is 1. The van der Waals surface area contributed by atoms with E-state index in [0.29, 0.717) is 22.1 Å². The van der Waals surface area contributed by atoms with Crippen LogP contribution in [0, 0.1) is 6.92 Å². The highest BCUT2D eigenvalue weighted by Gasteiger charge is 2.15. The quantitative estimate of drug-likeness (QED) is 0.776. The minimum absolute atomic E-state index is 0.102. The summed E-state index contributed by atoms with van der Waals surface area (Å²) in [7, 11) is 1.30. The molecule has 1 N–H and O–H groups in total. The highest BCUT2D eigenvalue weighted by atomic mass is 35.5. The van der Waals surface area contributed by atoms with Gasteiger partial charge in [0.15, 0.2) is 0 Å². The van der Waals surface area contributed by atoms with E-state index in [1.807, 2.05) is 18.2 Å². The molecule has 0 aliphatic heterocycles. The van der Waals surface area contributed by atoms with Crippen LogP contribution in [0.25, 0.3) is 0 Å². The lowest BCUT2D eigenvalue weighted by Crippen LogP contribution is -2.26. The summed E-state index contributed by atoms with van der Waals surface area (Å²) in [6.07, 6.45) is 0. The molecule has 2 aromatic rings. The lowest BCUT2D eigenvalue weighted by atomic mass is 10.2.